The zero-order chi connectivity index (χ0) is 16.2. The monoisotopic (exact) mass is 321 g/mol. The summed E-state index contributed by atoms with van der Waals surface area (Å²) in [6.07, 6.45) is 4.95. The van der Waals surface area contributed by atoms with Crippen LogP contribution in [0.15, 0.2) is 4.52 Å². The van der Waals surface area contributed by atoms with Crippen LogP contribution in [0.2, 0.25) is 0 Å². The predicted octanol–water partition coefficient (Wildman–Crippen LogP) is 0.883. The normalized spacial score (nSPS) is 24.7. The molecule has 1 aromatic heterocycles. The SMILES string of the molecule is CC(Cc1nc(C2CNCCN2C)no1)NC(=O)C1CCCC1. The van der Waals surface area contributed by atoms with Gasteiger partial charge in [-0.2, -0.15) is 4.98 Å². The second kappa shape index (κ2) is 7.40. The Morgan fingerprint density at radius 1 is 1.48 bits per heavy atom. The molecule has 0 aromatic carbocycles. The average Bonchev–Trinajstić information content (AvgIpc) is 3.19. The fraction of sp³-hybridized carbons (Fsp3) is 0.812. The van der Waals surface area contributed by atoms with Gasteiger partial charge in [0.25, 0.3) is 0 Å². The van der Waals surface area contributed by atoms with E-state index in [0.29, 0.717) is 12.3 Å². The molecule has 0 spiro atoms. The van der Waals surface area contributed by atoms with Gasteiger partial charge in [0, 0.05) is 38.0 Å². The lowest BCUT2D eigenvalue weighted by Gasteiger charge is -2.30. The van der Waals surface area contributed by atoms with E-state index in [1.54, 1.807) is 0 Å². The molecule has 0 radical (unpaired) electrons. The standard InChI is InChI=1S/C16H27N5O2/c1-11(18-16(22)12-5-3-4-6-12)9-14-19-15(20-23-14)13-10-17-7-8-21(13)2/h11-13,17H,3-10H2,1-2H3,(H,18,22). The van der Waals surface area contributed by atoms with Gasteiger partial charge in [0.1, 0.15) is 0 Å². The van der Waals surface area contributed by atoms with E-state index in [2.05, 4.69) is 32.7 Å². The highest BCUT2D eigenvalue weighted by Gasteiger charge is 2.27. The van der Waals surface area contributed by atoms with Crippen LogP contribution in [0.1, 0.15) is 50.4 Å². The molecule has 1 saturated carbocycles. The van der Waals surface area contributed by atoms with Crippen molar-refractivity contribution < 1.29 is 9.32 Å². The molecular weight excluding hydrogens is 294 g/mol. The van der Waals surface area contributed by atoms with E-state index in [1.807, 2.05) is 6.92 Å². The topological polar surface area (TPSA) is 83.3 Å². The molecule has 1 aliphatic heterocycles. The predicted molar refractivity (Wildman–Crippen MR) is 85.8 cm³/mol. The third-order valence-corrected chi connectivity index (χ3v) is 4.89. The number of hydrogen-bond donors (Lipinski definition) is 2. The molecule has 2 atom stereocenters. The van der Waals surface area contributed by atoms with E-state index < -0.39 is 0 Å². The Bertz CT molecular complexity index is 526. The van der Waals surface area contributed by atoms with E-state index >= 15 is 0 Å². The lowest BCUT2D eigenvalue weighted by Crippen LogP contribution is -2.44. The van der Waals surface area contributed by atoms with Crippen LogP contribution in [0.3, 0.4) is 0 Å². The Morgan fingerprint density at radius 2 is 2.26 bits per heavy atom. The van der Waals surface area contributed by atoms with Crippen LogP contribution < -0.4 is 10.6 Å². The van der Waals surface area contributed by atoms with E-state index in [-0.39, 0.29) is 23.9 Å². The lowest BCUT2D eigenvalue weighted by atomic mass is 10.1. The van der Waals surface area contributed by atoms with Crippen LogP contribution in [-0.2, 0) is 11.2 Å². The van der Waals surface area contributed by atoms with Gasteiger partial charge in [-0.25, -0.2) is 0 Å². The number of carbonyl (C=O) groups is 1. The molecular formula is C16H27N5O2. The maximum Gasteiger partial charge on any atom is 0.228 e. The zero-order valence-corrected chi connectivity index (χ0v) is 14.0. The van der Waals surface area contributed by atoms with E-state index in [0.717, 1.165) is 38.3 Å². The second-order valence-corrected chi connectivity index (χ2v) is 6.84. The first-order valence-corrected chi connectivity index (χ1v) is 8.67. The van der Waals surface area contributed by atoms with Crippen LogP contribution in [0, 0.1) is 5.92 Å². The van der Waals surface area contributed by atoms with Crippen LogP contribution in [-0.4, -0.2) is 53.7 Å². The third-order valence-electron chi connectivity index (χ3n) is 4.89. The third kappa shape index (κ3) is 4.09. The number of nitrogens with one attached hydrogen (secondary N) is 2. The van der Waals surface area contributed by atoms with Gasteiger partial charge in [0.05, 0.1) is 6.04 Å². The number of amides is 1. The molecule has 128 valence electrons. The second-order valence-electron chi connectivity index (χ2n) is 6.84. The van der Waals surface area contributed by atoms with Crippen molar-refractivity contribution in [2.24, 2.45) is 5.92 Å². The fourth-order valence-corrected chi connectivity index (χ4v) is 3.44. The molecule has 1 amide bonds. The maximum absolute atomic E-state index is 12.1. The summed E-state index contributed by atoms with van der Waals surface area (Å²) in [4.78, 5) is 18.9. The average molecular weight is 321 g/mol. The number of nitrogens with zero attached hydrogens (tertiary/aromatic N) is 3. The van der Waals surface area contributed by atoms with Crippen molar-refractivity contribution >= 4 is 5.91 Å². The first kappa shape index (κ1) is 16.4. The molecule has 2 fully saturated rings. The van der Waals surface area contributed by atoms with E-state index in [1.165, 1.54) is 12.8 Å². The quantitative estimate of drug-likeness (QED) is 0.838. The highest BCUT2D eigenvalue weighted by Crippen LogP contribution is 2.25. The van der Waals surface area contributed by atoms with Crippen LogP contribution in [0.25, 0.3) is 0 Å². The highest BCUT2D eigenvalue weighted by atomic mass is 16.5. The molecule has 2 heterocycles. The van der Waals surface area contributed by atoms with Crippen molar-refractivity contribution in [3.8, 4) is 0 Å². The number of rotatable bonds is 5. The van der Waals surface area contributed by atoms with Gasteiger partial charge in [-0.1, -0.05) is 18.0 Å². The molecule has 0 bridgehead atoms. The number of carbonyl (C=O) groups excluding carboxylic acids is 1. The molecule has 3 rings (SSSR count). The van der Waals surface area contributed by atoms with Gasteiger partial charge >= 0.3 is 0 Å². The molecule has 2 unspecified atom stereocenters. The van der Waals surface area contributed by atoms with Crippen molar-refractivity contribution in [1.29, 1.82) is 0 Å². The maximum atomic E-state index is 12.1. The van der Waals surface area contributed by atoms with Crippen LogP contribution in [0.4, 0.5) is 0 Å². The molecule has 1 aliphatic carbocycles. The summed E-state index contributed by atoms with van der Waals surface area (Å²) < 4.78 is 5.38. The Labute approximate surface area is 137 Å². The molecule has 1 aromatic rings. The zero-order valence-electron chi connectivity index (χ0n) is 14.0. The summed E-state index contributed by atoms with van der Waals surface area (Å²) in [7, 11) is 2.08. The van der Waals surface area contributed by atoms with Gasteiger partial charge in [0.15, 0.2) is 5.82 Å². The van der Waals surface area contributed by atoms with Crippen molar-refractivity contribution in [1.82, 2.24) is 25.7 Å². The van der Waals surface area contributed by atoms with Gasteiger partial charge in [-0.05, 0) is 26.8 Å². The smallest absolute Gasteiger partial charge is 0.228 e. The molecule has 7 heteroatoms. The van der Waals surface area contributed by atoms with Crippen molar-refractivity contribution in [3.05, 3.63) is 11.7 Å². The molecule has 2 aliphatic rings. The minimum Gasteiger partial charge on any atom is -0.353 e. The summed E-state index contributed by atoms with van der Waals surface area (Å²) in [5.41, 5.74) is 0. The molecule has 7 nitrogen and oxygen atoms in total. The van der Waals surface area contributed by atoms with E-state index in [9.17, 15) is 4.79 Å². The van der Waals surface area contributed by atoms with Gasteiger partial charge in [0.2, 0.25) is 11.8 Å². The summed E-state index contributed by atoms with van der Waals surface area (Å²) in [5.74, 6) is 1.69. The molecule has 2 N–H and O–H groups in total. The number of piperazine rings is 1. The minimum absolute atomic E-state index is 0.0126. The van der Waals surface area contributed by atoms with Gasteiger partial charge < -0.3 is 15.2 Å². The Morgan fingerprint density at radius 3 is 3.00 bits per heavy atom. The number of hydrogen-bond acceptors (Lipinski definition) is 6. The lowest BCUT2D eigenvalue weighted by molar-refractivity contribution is -0.125. The van der Waals surface area contributed by atoms with Crippen molar-refractivity contribution in [3.63, 3.8) is 0 Å². The summed E-state index contributed by atoms with van der Waals surface area (Å²) in [6, 6.07) is 0.170. The Kier molecular flexibility index (Phi) is 5.27. The minimum atomic E-state index is 0.0126. The van der Waals surface area contributed by atoms with Crippen LogP contribution >= 0.6 is 0 Å². The fourth-order valence-electron chi connectivity index (χ4n) is 3.44. The van der Waals surface area contributed by atoms with Crippen molar-refractivity contribution in [2.45, 2.75) is 51.1 Å². The van der Waals surface area contributed by atoms with Crippen molar-refractivity contribution in [2.75, 3.05) is 26.7 Å². The molecule has 23 heavy (non-hydrogen) atoms. The number of aromatic nitrogens is 2. The van der Waals surface area contributed by atoms with Gasteiger partial charge in [-0.15, -0.1) is 0 Å². The molecule has 1 saturated heterocycles. The Hall–Kier alpha value is -1.47. The highest BCUT2D eigenvalue weighted by molar-refractivity contribution is 5.79. The number of likely N-dealkylation sites (N-methyl/N-ethyl adjacent to an activating group) is 1. The summed E-state index contributed by atoms with van der Waals surface area (Å²) in [6.45, 7) is 4.79. The van der Waals surface area contributed by atoms with E-state index in [4.69, 9.17) is 4.52 Å². The van der Waals surface area contributed by atoms with Gasteiger partial charge in [-0.3, -0.25) is 9.69 Å². The van der Waals surface area contributed by atoms with Crippen LogP contribution in [0.5, 0.6) is 0 Å². The first-order valence-electron chi connectivity index (χ1n) is 8.67. The first-order chi connectivity index (χ1) is 11.1. The Balaban J connectivity index is 1.52. The summed E-state index contributed by atoms with van der Waals surface area (Å²) >= 11 is 0. The summed E-state index contributed by atoms with van der Waals surface area (Å²) in [5, 5.41) is 10.5. The largest absolute Gasteiger partial charge is 0.353 e.